The number of sulfonamides is 1. The summed E-state index contributed by atoms with van der Waals surface area (Å²) in [7, 11) is -4.07. The van der Waals surface area contributed by atoms with Crippen molar-refractivity contribution in [2.75, 3.05) is 19.6 Å². The quantitative estimate of drug-likeness (QED) is 0.649. The number of carbonyl (C=O) groups is 1. The number of nitrogens with zero attached hydrogens (tertiary/aromatic N) is 1. The predicted molar refractivity (Wildman–Crippen MR) is 96.9 cm³/mol. The third-order valence-corrected chi connectivity index (χ3v) is 5.76. The maximum Gasteiger partial charge on any atom is 0.416 e. The molecule has 0 spiro atoms. The van der Waals surface area contributed by atoms with Crippen molar-refractivity contribution < 1.29 is 26.4 Å². The second kappa shape index (κ2) is 9.72. The molecule has 1 atom stereocenters. The van der Waals surface area contributed by atoms with Gasteiger partial charge in [-0.15, -0.1) is 12.4 Å². The Morgan fingerprint density at radius 3 is 2.67 bits per heavy atom. The van der Waals surface area contributed by atoms with Crippen molar-refractivity contribution in [2.45, 2.75) is 42.8 Å². The molecule has 0 saturated carbocycles. The summed E-state index contributed by atoms with van der Waals surface area (Å²) in [5, 5.41) is 0. The van der Waals surface area contributed by atoms with Crippen LogP contribution in [-0.2, 0) is 21.0 Å². The van der Waals surface area contributed by atoms with E-state index >= 15 is 0 Å². The lowest BCUT2D eigenvalue weighted by molar-refractivity contribution is -0.137. The minimum absolute atomic E-state index is 0. The number of hydrogen-bond donors (Lipinski definition) is 2. The Morgan fingerprint density at radius 2 is 2.04 bits per heavy atom. The minimum Gasteiger partial charge on any atom is -0.338 e. The SMILES string of the molecule is Cl.NCC1CCCN1C(=O)CCCNS(=O)(=O)c1cccc(C(F)(F)F)c1. The highest BCUT2D eigenvalue weighted by Crippen LogP contribution is 2.30. The first-order valence-corrected chi connectivity index (χ1v) is 9.80. The molecule has 27 heavy (non-hydrogen) atoms. The Hall–Kier alpha value is -1.36. The summed E-state index contributed by atoms with van der Waals surface area (Å²) in [4.78, 5) is 13.4. The molecule has 1 unspecified atom stereocenters. The van der Waals surface area contributed by atoms with Gasteiger partial charge in [0.05, 0.1) is 10.5 Å². The number of carbonyl (C=O) groups excluding carboxylic acids is 1. The zero-order valence-corrected chi connectivity index (χ0v) is 16.2. The van der Waals surface area contributed by atoms with Crippen LogP contribution in [0.5, 0.6) is 0 Å². The lowest BCUT2D eigenvalue weighted by Gasteiger charge is -2.23. The van der Waals surface area contributed by atoms with Crippen LogP contribution in [0.15, 0.2) is 29.2 Å². The van der Waals surface area contributed by atoms with Crippen molar-refractivity contribution in [2.24, 2.45) is 5.73 Å². The zero-order valence-electron chi connectivity index (χ0n) is 14.5. The van der Waals surface area contributed by atoms with Crippen LogP contribution < -0.4 is 10.5 Å². The van der Waals surface area contributed by atoms with Crippen molar-refractivity contribution in [3.8, 4) is 0 Å². The first-order valence-electron chi connectivity index (χ1n) is 8.31. The molecule has 1 aliphatic heterocycles. The highest BCUT2D eigenvalue weighted by Gasteiger charge is 2.31. The van der Waals surface area contributed by atoms with E-state index < -0.39 is 26.7 Å². The molecule has 0 aromatic heterocycles. The fourth-order valence-corrected chi connectivity index (χ4v) is 4.04. The fourth-order valence-electron chi connectivity index (χ4n) is 2.92. The second-order valence-corrected chi connectivity index (χ2v) is 7.91. The lowest BCUT2D eigenvalue weighted by atomic mass is 10.2. The molecule has 2 rings (SSSR count). The average Bonchev–Trinajstić information content (AvgIpc) is 3.07. The van der Waals surface area contributed by atoms with E-state index in [2.05, 4.69) is 4.72 Å². The van der Waals surface area contributed by atoms with E-state index in [1.54, 1.807) is 4.90 Å². The van der Waals surface area contributed by atoms with Gasteiger partial charge in [-0.3, -0.25) is 4.79 Å². The third kappa shape index (κ3) is 6.34. The van der Waals surface area contributed by atoms with E-state index in [0.717, 1.165) is 31.0 Å². The molecule has 1 heterocycles. The number of nitrogens with one attached hydrogen (secondary N) is 1. The second-order valence-electron chi connectivity index (χ2n) is 6.15. The van der Waals surface area contributed by atoms with Gasteiger partial charge in [-0.05, 0) is 37.5 Å². The van der Waals surface area contributed by atoms with Crippen LogP contribution in [0.2, 0.25) is 0 Å². The number of likely N-dealkylation sites (tertiary alicyclic amines) is 1. The number of amides is 1. The van der Waals surface area contributed by atoms with Crippen LogP contribution >= 0.6 is 12.4 Å². The molecule has 1 aliphatic rings. The molecule has 6 nitrogen and oxygen atoms in total. The normalized spacial score (nSPS) is 17.6. The van der Waals surface area contributed by atoms with Crippen LogP contribution in [0.3, 0.4) is 0 Å². The highest BCUT2D eigenvalue weighted by molar-refractivity contribution is 7.89. The van der Waals surface area contributed by atoms with Gasteiger partial charge in [0.15, 0.2) is 0 Å². The number of nitrogens with two attached hydrogens (primary N) is 1. The van der Waals surface area contributed by atoms with Crippen molar-refractivity contribution in [1.82, 2.24) is 9.62 Å². The topological polar surface area (TPSA) is 92.5 Å². The molecule has 0 aliphatic carbocycles. The molecule has 154 valence electrons. The van der Waals surface area contributed by atoms with Gasteiger partial charge in [-0.2, -0.15) is 13.2 Å². The van der Waals surface area contributed by atoms with Gasteiger partial charge in [0.1, 0.15) is 0 Å². The van der Waals surface area contributed by atoms with Gasteiger partial charge in [-0.1, -0.05) is 6.07 Å². The van der Waals surface area contributed by atoms with Crippen LogP contribution in [0.25, 0.3) is 0 Å². The molecular formula is C16H23ClF3N3O3S. The minimum atomic E-state index is -4.62. The maximum absolute atomic E-state index is 12.7. The summed E-state index contributed by atoms with van der Waals surface area (Å²) in [6.07, 6.45) is -2.44. The Morgan fingerprint density at radius 1 is 1.33 bits per heavy atom. The third-order valence-electron chi connectivity index (χ3n) is 4.30. The molecular weight excluding hydrogens is 407 g/mol. The average molecular weight is 430 g/mol. The van der Waals surface area contributed by atoms with Crippen molar-refractivity contribution >= 4 is 28.3 Å². The molecule has 1 aromatic carbocycles. The van der Waals surface area contributed by atoms with Crippen molar-refractivity contribution in [1.29, 1.82) is 0 Å². The van der Waals surface area contributed by atoms with Crippen molar-refractivity contribution in [3.05, 3.63) is 29.8 Å². The summed E-state index contributed by atoms with van der Waals surface area (Å²) in [6.45, 7) is 1.01. The Kier molecular flexibility index (Phi) is 8.52. The Balaban J connectivity index is 0.00000364. The van der Waals surface area contributed by atoms with Crippen LogP contribution in [0.4, 0.5) is 13.2 Å². The van der Waals surface area contributed by atoms with Gasteiger partial charge in [-0.25, -0.2) is 13.1 Å². The van der Waals surface area contributed by atoms with Gasteiger partial charge in [0.2, 0.25) is 15.9 Å². The molecule has 0 radical (unpaired) electrons. The predicted octanol–water partition coefficient (Wildman–Crippen LogP) is 2.14. The Bertz CT molecular complexity index is 744. The largest absolute Gasteiger partial charge is 0.416 e. The van der Waals surface area contributed by atoms with E-state index in [-0.39, 0.29) is 43.7 Å². The maximum atomic E-state index is 12.7. The van der Waals surface area contributed by atoms with E-state index in [9.17, 15) is 26.4 Å². The molecule has 3 N–H and O–H groups in total. The van der Waals surface area contributed by atoms with E-state index in [0.29, 0.717) is 19.2 Å². The number of benzene rings is 1. The molecule has 1 fully saturated rings. The van der Waals surface area contributed by atoms with Gasteiger partial charge in [0.25, 0.3) is 0 Å². The number of hydrogen-bond acceptors (Lipinski definition) is 4. The van der Waals surface area contributed by atoms with Crippen molar-refractivity contribution in [3.63, 3.8) is 0 Å². The number of rotatable bonds is 7. The summed E-state index contributed by atoms with van der Waals surface area (Å²) >= 11 is 0. The van der Waals surface area contributed by atoms with Crippen LogP contribution in [0.1, 0.15) is 31.2 Å². The smallest absolute Gasteiger partial charge is 0.338 e. The van der Waals surface area contributed by atoms with Crippen LogP contribution in [0, 0.1) is 0 Å². The lowest BCUT2D eigenvalue weighted by Crippen LogP contribution is -2.40. The van der Waals surface area contributed by atoms with E-state index in [1.165, 1.54) is 0 Å². The fraction of sp³-hybridized carbons (Fsp3) is 0.562. The summed E-state index contributed by atoms with van der Waals surface area (Å²) in [5.41, 5.74) is 4.59. The van der Waals surface area contributed by atoms with E-state index in [1.807, 2.05) is 0 Å². The summed E-state index contributed by atoms with van der Waals surface area (Å²) in [6, 6.07) is 3.56. The number of alkyl halides is 3. The van der Waals surface area contributed by atoms with Gasteiger partial charge >= 0.3 is 6.18 Å². The van der Waals surface area contributed by atoms with Crippen LogP contribution in [-0.4, -0.2) is 44.9 Å². The zero-order chi connectivity index (χ0) is 19.4. The summed E-state index contributed by atoms with van der Waals surface area (Å²) in [5.74, 6) is -0.0868. The molecule has 1 aromatic rings. The molecule has 11 heteroatoms. The molecule has 1 saturated heterocycles. The van der Waals surface area contributed by atoms with Gasteiger partial charge < -0.3 is 10.6 Å². The first-order chi connectivity index (χ1) is 12.1. The first kappa shape index (κ1) is 23.7. The standard InChI is InChI=1S/C16H22F3N3O3S.ClH/c17-16(18,19)12-4-1-6-14(10-12)26(24,25)21-8-2-7-15(23)22-9-3-5-13(22)11-20;/h1,4,6,10,13,21H,2-3,5,7-9,11,20H2;1H. The molecule has 1 amide bonds. The molecule has 0 bridgehead atoms. The van der Waals surface area contributed by atoms with Gasteiger partial charge in [0, 0.05) is 32.1 Å². The van der Waals surface area contributed by atoms with E-state index in [4.69, 9.17) is 5.73 Å². The highest BCUT2D eigenvalue weighted by atomic mass is 35.5. The Labute approximate surface area is 162 Å². The monoisotopic (exact) mass is 429 g/mol. The summed E-state index contributed by atoms with van der Waals surface area (Å²) < 4.78 is 64.6. The number of halogens is 4.